The molecule has 88 valence electrons. The molecule has 0 saturated heterocycles. The number of anilines is 1. The Hall–Kier alpha value is -1.36. The van der Waals surface area contributed by atoms with E-state index in [1.165, 1.54) is 6.33 Å². The maximum Gasteiger partial charge on any atom is 0.239 e. The van der Waals surface area contributed by atoms with Gasteiger partial charge in [-0.1, -0.05) is 24.9 Å². The van der Waals surface area contributed by atoms with Crippen LogP contribution in [-0.4, -0.2) is 29.5 Å². The third-order valence-corrected chi connectivity index (χ3v) is 2.41. The minimum absolute atomic E-state index is 0.0998. The van der Waals surface area contributed by atoms with Crippen LogP contribution in [0.25, 0.3) is 0 Å². The van der Waals surface area contributed by atoms with E-state index in [4.69, 9.17) is 11.6 Å². The lowest BCUT2D eigenvalue weighted by Gasteiger charge is -2.10. The number of nitrogens with zero attached hydrogens (tertiary/aromatic N) is 2. The van der Waals surface area contributed by atoms with Gasteiger partial charge in [-0.25, -0.2) is 9.97 Å². The largest absolute Gasteiger partial charge is 0.361 e. The smallest absolute Gasteiger partial charge is 0.239 e. The molecule has 16 heavy (non-hydrogen) atoms. The lowest BCUT2D eigenvalue weighted by atomic mass is 10.2. The van der Waals surface area contributed by atoms with E-state index in [1.54, 1.807) is 7.05 Å². The number of likely N-dealkylation sites (N-methyl/N-ethyl adjacent to an activating group) is 1. The number of hydrogen-bond acceptors (Lipinski definition) is 4. The molecule has 0 fully saturated rings. The second-order valence-corrected chi connectivity index (χ2v) is 3.63. The number of nitrogens with one attached hydrogen (secondary N) is 2. The Labute approximate surface area is 99.6 Å². The van der Waals surface area contributed by atoms with Crippen LogP contribution in [0.2, 0.25) is 5.15 Å². The van der Waals surface area contributed by atoms with Gasteiger partial charge in [0.2, 0.25) is 5.91 Å². The summed E-state index contributed by atoms with van der Waals surface area (Å²) in [5, 5.41) is 5.91. The Balaban J connectivity index is 2.78. The van der Waals surface area contributed by atoms with Crippen molar-refractivity contribution in [1.82, 2.24) is 15.3 Å². The molecule has 0 spiro atoms. The highest BCUT2D eigenvalue weighted by Crippen LogP contribution is 2.20. The molecule has 0 saturated carbocycles. The molecule has 0 aliphatic carbocycles. The minimum Gasteiger partial charge on any atom is -0.361 e. The van der Waals surface area contributed by atoms with Crippen molar-refractivity contribution >= 4 is 23.3 Å². The van der Waals surface area contributed by atoms with Gasteiger partial charge in [0.05, 0.1) is 6.54 Å². The maximum absolute atomic E-state index is 11.1. The van der Waals surface area contributed by atoms with E-state index >= 15 is 0 Å². The molecule has 1 amide bonds. The van der Waals surface area contributed by atoms with Gasteiger partial charge in [-0.05, 0) is 6.42 Å². The third-order valence-electron chi connectivity index (χ3n) is 2.09. The summed E-state index contributed by atoms with van der Waals surface area (Å²) in [6.07, 6.45) is 3.12. The average Bonchev–Trinajstić information content (AvgIpc) is 2.29. The van der Waals surface area contributed by atoms with E-state index in [1.807, 2.05) is 6.92 Å². The summed E-state index contributed by atoms with van der Waals surface area (Å²) in [4.78, 5) is 19.1. The normalized spacial score (nSPS) is 9.94. The van der Waals surface area contributed by atoms with E-state index in [0.717, 1.165) is 18.4 Å². The molecule has 5 nitrogen and oxygen atoms in total. The highest BCUT2D eigenvalue weighted by Gasteiger charge is 2.09. The van der Waals surface area contributed by atoms with E-state index in [-0.39, 0.29) is 12.5 Å². The average molecular weight is 243 g/mol. The van der Waals surface area contributed by atoms with Crippen LogP contribution in [-0.2, 0) is 11.2 Å². The second-order valence-electron chi connectivity index (χ2n) is 3.27. The summed E-state index contributed by atoms with van der Waals surface area (Å²) in [6, 6.07) is 0. The summed E-state index contributed by atoms with van der Waals surface area (Å²) in [5.74, 6) is 0.530. The Morgan fingerprint density at radius 2 is 2.25 bits per heavy atom. The fraction of sp³-hybridized carbons (Fsp3) is 0.500. The molecule has 0 unspecified atom stereocenters. The molecular formula is C10H15ClN4O. The van der Waals surface area contributed by atoms with Crippen LogP contribution in [0.3, 0.4) is 0 Å². The lowest BCUT2D eigenvalue weighted by Crippen LogP contribution is -2.26. The SMILES string of the molecule is CCCc1c(Cl)ncnc1NCC(=O)NC. The predicted molar refractivity (Wildman–Crippen MR) is 63.6 cm³/mol. The topological polar surface area (TPSA) is 66.9 Å². The van der Waals surface area contributed by atoms with Crippen molar-refractivity contribution in [3.63, 3.8) is 0 Å². The zero-order chi connectivity index (χ0) is 12.0. The second kappa shape index (κ2) is 6.27. The van der Waals surface area contributed by atoms with Gasteiger partial charge in [-0.2, -0.15) is 0 Å². The van der Waals surface area contributed by atoms with E-state index in [0.29, 0.717) is 11.0 Å². The monoisotopic (exact) mass is 242 g/mol. The van der Waals surface area contributed by atoms with Crippen molar-refractivity contribution in [3.8, 4) is 0 Å². The van der Waals surface area contributed by atoms with Gasteiger partial charge in [0.25, 0.3) is 0 Å². The fourth-order valence-corrected chi connectivity index (χ4v) is 1.49. The summed E-state index contributed by atoms with van der Waals surface area (Å²) >= 11 is 5.97. The van der Waals surface area contributed by atoms with Gasteiger partial charge in [0, 0.05) is 12.6 Å². The summed E-state index contributed by atoms with van der Waals surface area (Å²) in [7, 11) is 1.59. The molecule has 0 aromatic carbocycles. The van der Waals surface area contributed by atoms with Crippen LogP contribution in [0.4, 0.5) is 5.82 Å². The zero-order valence-electron chi connectivity index (χ0n) is 9.38. The molecule has 1 rings (SSSR count). The summed E-state index contributed by atoms with van der Waals surface area (Å²) in [6.45, 7) is 2.23. The number of amides is 1. The molecule has 1 aromatic rings. The van der Waals surface area contributed by atoms with Crippen molar-refractivity contribution in [2.24, 2.45) is 0 Å². The van der Waals surface area contributed by atoms with Crippen LogP contribution in [0.5, 0.6) is 0 Å². The molecule has 2 N–H and O–H groups in total. The molecule has 0 aliphatic heterocycles. The minimum atomic E-state index is -0.0998. The first-order valence-corrected chi connectivity index (χ1v) is 5.50. The highest BCUT2D eigenvalue weighted by atomic mass is 35.5. The van der Waals surface area contributed by atoms with E-state index in [9.17, 15) is 4.79 Å². The molecule has 0 aliphatic rings. The van der Waals surface area contributed by atoms with Gasteiger partial charge in [0.15, 0.2) is 0 Å². The van der Waals surface area contributed by atoms with Crippen LogP contribution >= 0.6 is 11.6 Å². The Morgan fingerprint density at radius 1 is 1.50 bits per heavy atom. The van der Waals surface area contributed by atoms with Crippen LogP contribution in [0.15, 0.2) is 6.33 Å². The molecule has 0 atom stereocenters. The first-order chi connectivity index (χ1) is 7.69. The number of rotatable bonds is 5. The molecular weight excluding hydrogens is 228 g/mol. The number of aromatic nitrogens is 2. The quantitative estimate of drug-likeness (QED) is 0.763. The van der Waals surface area contributed by atoms with Gasteiger partial charge < -0.3 is 10.6 Å². The Bertz CT molecular complexity index is 370. The highest BCUT2D eigenvalue weighted by molar-refractivity contribution is 6.30. The van der Waals surface area contributed by atoms with Crippen molar-refractivity contribution in [2.75, 3.05) is 18.9 Å². The van der Waals surface area contributed by atoms with Crippen molar-refractivity contribution in [3.05, 3.63) is 17.0 Å². The molecule has 0 radical (unpaired) electrons. The van der Waals surface area contributed by atoms with Gasteiger partial charge in [0.1, 0.15) is 17.3 Å². The Kier molecular flexibility index (Phi) is 4.98. The third kappa shape index (κ3) is 3.34. The predicted octanol–water partition coefficient (Wildman–Crippen LogP) is 1.24. The fourth-order valence-electron chi connectivity index (χ4n) is 1.27. The number of halogens is 1. The van der Waals surface area contributed by atoms with Gasteiger partial charge >= 0.3 is 0 Å². The summed E-state index contributed by atoms with van der Waals surface area (Å²) < 4.78 is 0. The first kappa shape index (κ1) is 12.7. The molecule has 6 heteroatoms. The lowest BCUT2D eigenvalue weighted by molar-refractivity contribution is -0.118. The number of hydrogen-bond donors (Lipinski definition) is 2. The van der Waals surface area contributed by atoms with Crippen molar-refractivity contribution < 1.29 is 4.79 Å². The maximum atomic E-state index is 11.1. The molecule has 1 aromatic heterocycles. The van der Waals surface area contributed by atoms with Crippen LogP contribution in [0.1, 0.15) is 18.9 Å². The van der Waals surface area contributed by atoms with Crippen LogP contribution < -0.4 is 10.6 Å². The number of carbonyl (C=O) groups excluding carboxylic acids is 1. The van der Waals surface area contributed by atoms with Gasteiger partial charge in [-0.3, -0.25) is 4.79 Å². The Morgan fingerprint density at radius 3 is 2.88 bits per heavy atom. The van der Waals surface area contributed by atoms with E-state index < -0.39 is 0 Å². The van der Waals surface area contributed by atoms with Crippen molar-refractivity contribution in [2.45, 2.75) is 19.8 Å². The molecule has 1 heterocycles. The standard InChI is InChI=1S/C10H15ClN4O/c1-3-4-7-9(11)14-6-15-10(7)13-5-8(16)12-2/h6H,3-5H2,1-2H3,(H,12,16)(H,13,14,15). The zero-order valence-corrected chi connectivity index (χ0v) is 10.1. The van der Waals surface area contributed by atoms with Gasteiger partial charge in [-0.15, -0.1) is 0 Å². The van der Waals surface area contributed by atoms with Crippen LogP contribution in [0, 0.1) is 0 Å². The summed E-state index contributed by atoms with van der Waals surface area (Å²) in [5.41, 5.74) is 0.857. The number of carbonyl (C=O) groups is 1. The first-order valence-electron chi connectivity index (χ1n) is 5.12. The molecule has 0 bridgehead atoms. The van der Waals surface area contributed by atoms with Crippen molar-refractivity contribution in [1.29, 1.82) is 0 Å². The van der Waals surface area contributed by atoms with E-state index in [2.05, 4.69) is 20.6 Å².